The molecular formula is C16H14BrCl2NO2. The number of ether oxygens (including phenoxy) is 1. The second-order valence-corrected chi connectivity index (χ2v) is 6.51. The Hall–Kier alpha value is -1.23. The summed E-state index contributed by atoms with van der Waals surface area (Å²) >= 11 is 15.4. The molecule has 0 saturated carbocycles. The van der Waals surface area contributed by atoms with E-state index in [4.69, 9.17) is 27.9 Å². The number of halogens is 3. The van der Waals surface area contributed by atoms with Gasteiger partial charge in [-0.15, -0.1) is 0 Å². The van der Waals surface area contributed by atoms with Crippen LogP contribution in [0.25, 0.3) is 0 Å². The quantitative estimate of drug-likeness (QED) is 0.744. The van der Waals surface area contributed by atoms with Gasteiger partial charge in [0.25, 0.3) is 5.91 Å². The first kappa shape index (κ1) is 17.1. The fourth-order valence-corrected chi connectivity index (χ4v) is 3.08. The van der Waals surface area contributed by atoms with Gasteiger partial charge in [-0.2, -0.15) is 0 Å². The van der Waals surface area contributed by atoms with Crippen molar-refractivity contribution >= 4 is 50.7 Å². The Balaban J connectivity index is 2.03. The van der Waals surface area contributed by atoms with Gasteiger partial charge < -0.3 is 10.1 Å². The smallest absolute Gasteiger partial charge is 0.262 e. The second-order valence-electron chi connectivity index (χ2n) is 4.81. The zero-order chi connectivity index (χ0) is 16.3. The maximum atomic E-state index is 12.0. The zero-order valence-corrected chi connectivity index (χ0v) is 15.1. The minimum atomic E-state index is -0.300. The van der Waals surface area contributed by atoms with Crippen LogP contribution in [0, 0.1) is 13.8 Å². The highest BCUT2D eigenvalue weighted by atomic mass is 79.9. The number of nitrogens with one attached hydrogen (secondary N) is 1. The maximum Gasteiger partial charge on any atom is 0.262 e. The Bertz CT molecular complexity index is 696. The van der Waals surface area contributed by atoms with E-state index in [1.807, 2.05) is 26.0 Å². The van der Waals surface area contributed by atoms with Gasteiger partial charge in [0.05, 0.1) is 15.7 Å². The van der Waals surface area contributed by atoms with Crippen molar-refractivity contribution in [3.63, 3.8) is 0 Å². The Kier molecular flexibility index (Phi) is 5.73. The van der Waals surface area contributed by atoms with Crippen molar-refractivity contribution in [2.45, 2.75) is 13.8 Å². The lowest BCUT2D eigenvalue weighted by molar-refractivity contribution is -0.118. The highest BCUT2D eigenvalue weighted by Gasteiger charge is 2.11. The summed E-state index contributed by atoms with van der Waals surface area (Å²) in [7, 11) is 0. The molecule has 116 valence electrons. The topological polar surface area (TPSA) is 38.3 Å². The Morgan fingerprint density at radius 1 is 1.23 bits per heavy atom. The highest BCUT2D eigenvalue weighted by molar-refractivity contribution is 9.10. The number of benzene rings is 2. The standard InChI is InChI=1S/C16H14BrCl2NO2/c1-9-6-11(17)7-10(2)16(9)22-8-14(21)20-13-5-3-4-12(18)15(13)19/h3-7H,8H2,1-2H3,(H,20,21). The third kappa shape index (κ3) is 4.15. The minimum absolute atomic E-state index is 0.105. The number of carbonyl (C=O) groups is 1. The molecule has 22 heavy (non-hydrogen) atoms. The van der Waals surface area contributed by atoms with Crippen molar-refractivity contribution in [2.24, 2.45) is 0 Å². The largest absolute Gasteiger partial charge is 0.483 e. The van der Waals surface area contributed by atoms with Gasteiger partial charge in [0.15, 0.2) is 6.61 Å². The monoisotopic (exact) mass is 401 g/mol. The molecule has 0 aliphatic rings. The number of rotatable bonds is 4. The van der Waals surface area contributed by atoms with Crippen LogP contribution in [-0.4, -0.2) is 12.5 Å². The van der Waals surface area contributed by atoms with E-state index >= 15 is 0 Å². The van der Waals surface area contributed by atoms with Gasteiger partial charge in [0.1, 0.15) is 5.75 Å². The molecular weight excluding hydrogens is 389 g/mol. The van der Waals surface area contributed by atoms with E-state index in [1.54, 1.807) is 18.2 Å². The van der Waals surface area contributed by atoms with Crippen LogP contribution in [0.4, 0.5) is 5.69 Å². The number of carbonyl (C=O) groups excluding carboxylic acids is 1. The van der Waals surface area contributed by atoms with Crippen molar-refractivity contribution in [3.8, 4) is 5.75 Å². The van der Waals surface area contributed by atoms with E-state index in [0.29, 0.717) is 21.5 Å². The maximum absolute atomic E-state index is 12.0. The molecule has 0 aliphatic heterocycles. The highest BCUT2D eigenvalue weighted by Crippen LogP contribution is 2.30. The summed E-state index contributed by atoms with van der Waals surface area (Å²) in [6.07, 6.45) is 0. The molecule has 0 fully saturated rings. The van der Waals surface area contributed by atoms with Crippen LogP contribution in [0.3, 0.4) is 0 Å². The van der Waals surface area contributed by atoms with Crippen LogP contribution in [-0.2, 0) is 4.79 Å². The lowest BCUT2D eigenvalue weighted by Crippen LogP contribution is -2.21. The fraction of sp³-hybridized carbons (Fsp3) is 0.188. The van der Waals surface area contributed by atoms with Crippen LogP contribution in [0.15, 0.2) is 34.8 Å². The van der Waals surface area contributed by atoms with Crippen molar-refractivity contribution in [3.05, 3.63) is 56.0 Å². The molecule has 0 spiro atoms. The summed E-state index contributed by atoms with van der Waals surface area (Å²) in [6.45, 7) is 3.75. The molecule has 2 aromatic carbocycles. The lowest BCUT2D eigenvalue weighted by Gasteiger charge is -2.13. The second kappa shape index (κ2) is 7.36. The Morgan fingerprint density at radius 2 is 1.86 bits per heavy atom. The van der Waals surface area contributed by atoms with Gasteiger partial charge in [-0.25, -0.2) is 0 Å². The number of aryl methyl sites for hydroxylation is 2. The van der Waals surface area contributed by atoms with Crippen LogP contribution >= 0.6 is 39.1 Å². The summed E-state index contributed by atoms with van der Waals surface area (Å²) in [5.74, 6) is 0.404. The predicted octanol–water partition coefficient (Wildman–Crippen LogP) is 5.39. The van der Waals surface area contributed by atoms with Crippen molar-refractivity contribution in [1.82, 2.24) is 0 Å². The number of anilines is 1. The normalized spacial score (nSPS) is 10.4. The minimum Gasteiger partial charge on any atom is -0.483 e. The van der Waals surface area contributed by atoms with E-state index in [9.17, 15) is 4.79 Å². The van der Waals surface area contributed by atoms with Crippen LogP contribution in [0.2, 0.25) is 10.0 Å². The molecule has 1 amide bonds. The van der Waals surface area contributed by atoms with Gasteiger partial charge in [-0.1, -0.05) is 45.2 Å². The third-order valence-corrected chi connectivity index (χ3v) is 4.28. The first-order valence-corrected chi connectivity index (χ1v) is 8.07. The fourth-order valence-electron chi connectivity index (χ4n) is 2.05. The molecule has 0 heterocycles. The number of hydrogen-bond acceptors (Lipinski definition) is 2. The molecule has 0 aliphatic carbocycles. The van der Waals surface area contributed by atoms with Gasteiger partial charge in [0.2, 0.25) is 0 Å². The lowest BCUT2D eigenvalue weighted by atomic mass is 10.1. The van der Waals surface area contributed by atoms with Gasteiger partial charge in [-0.05, 0) is 49.2 Å². The average molecular weight is 403 g/mol. The van der Waals surface area contributed by atoms with Crippen molar-refractivity contribution < 1.29 is 9.53 Å². The summed E-state index contributed by atoms with van der Waals surface area (Å²) in [6, 6.07) is 8.93. The summed E-state index contributed by atoms with van der Waals surface area (Å²) < 4.78 is 6.59. The average Bonchev–Trinajstić information content (AvgIpc) is 2.42. The summed E-state index contributed by atoms with van der Waals surface area (Å²) in [5, 5.41) is 3.38. The van der Waals surface area contributed by atoms with Gasteiger partial charge in [-0.3, -0.25) is 4.79 Å². The van der Waals surface area contributed by atoms with E-state index in [1.165, 1.54) is 0 Å². The molecule has 6 heteroatoms. The summed E-state index contributed by atoms with van der Waals surface area (Å²) in [5.41, 5.74) is 2.38. The van der Waals surface area contributed by atoms with Crippen LogP contribution in [0.5, 0.6) is 5.75 Å². The van der Waals surface area contributed by atoms with Gasteiger partial charge in [0, 0.05) is 4.47 Å². The third-order valence-electron chi connectivity index (χ3n) is 3.00. The Labute approximate surface area is 147 Å². The summed E-state index contributed by atoms with van der Waals surface area (Å²) in [4.78, 5) is 12.0. The zero-order valence-electron chi connectivity index (χ0n) is 12.0. The molecule has 1 N–H and O–H groups in total. The Morgan fingerprint density at radius 3 is 2.50 bits per heavy atom. The van der Waals surface area contributed by atoms with E-state index in [0.717, 1.165) is 15.6 Å². The SMILES string of the molecule is Cc1cc(Br)cc(C)c1OCC(=O)Nc1cccc(Cl)c1Cl. The molecule has 2 rings (SSSR count). The van der Waals surface area contributed by atoms with Crippen LogP contribution < -0.4 is 10.1 Å². The molecule has 0 atom stereocenters. The van der Waals surface area contributed by atoms with E-state index in [-0.39, 0.29) is 12.5 Å². The molecule has 0 saturated heterocycles. The molecule has 0 aromatic heterocycles. The first-order valence-electron chi connectivity index (χ1n) is 6.52. The number of amides is 1. The molecule has 3 nitrogen and oxygen atoms in total. The van der Waals surface area contributed by atoms with E-state index in [2.05, 4.69) is 21.2 Å². The van der Waals surface area contributed by atoms with Crippen molar-refractivity contribution in [2.75, 3.05) is 11.9 Å². The molecule has 0 unspecified atom stereocenters. The van der Waals surface area contributed by atoms with Crippen molar-refractivity contribution in [1.29, 1.82) is 0 Å². The van der Waals surface area contributed by atoms with Gasteiger partial charge >= 0.3 is 0 Å². The molecule has 0 bridgehead atoms. The molecule has 2 aromatic rings. The predicted molar refractivity (Wildman–Crippen MR) is 94.2 cm³/mol. The molecule has 0 radical (unpaired) electrons. The first-order chi connectivity index (χ1) is 10.4. The number of hydrogen-bond donors (Lipinski definition) is 1. The van der Waals surface area contributed by atoms with E-state index < -0.39 is 0 Å². The van der Waals surface area contributed by atoms with Crippen LogP contribution in [0.1, 0.15) is 11.1 Å².